The molecule has 0 aromatic heterocycles. The van der Waals surface area contributed by atoms with Crippen LogP contribution in [-0.2, 0) is 4.79 Å². The Labute approximate surface area is 197 Å². The summed E-state index contributed by atoms with van der Waals surface area (Å²) in [7, 11) is 0. The summed E-state index contributed by atoms with van der Waals surface area (Å²) in [5.41, 5.74) is -0.395. The van der Waals surface area contributed by atoms with Crippen LogP contribution in [-0.4, -0.2) is 5.97 Å². The largest absolute Gasteiger partial charge is 0.423 e. The number of carbonyl (C=O) groups excluding carboxylic acids is 1. The molecule has 2 fully saturated rings. The van der Waals surface area contributed by atoms with Gasteiger partial charge >= 0.3 is 5.97 Å². The van der Waals surface area contributed by atoms with Gasteiger partial charge in [-0.2, -0.15) is 9.65 Å². The van der Waals surface area contributed by atoms with Crippen LogP contribution in [0.2, 0.25) is 0 Å². The third kappa shape index (κ3) is 7.52. The molecule has 0 atom stereocenters. The summed E-state index contributed by atoms with van der Waals surface area (Å²) in [5, 5.41) is 8.77. The van der Waals surface area contributed by atoms with Gasteiger partial charge in [0.1, 0.15) is 6.07 Å². The first-order chi connectivity index (χ1) is 16.0. The second-order valence-electron chi connectivity index (χ2n) is 10.3. The summed E-state index contributed by atoms with van der Waals surface area (Å²) < 4.78 is 32.9. The molecular weight excluding hydrogens is 420 g/mol. The van der Waals surface area contributed by atoms with Crippen molar-refractivity contribution < 1.29 is 18.3 Å². The summed E-state index contributed by atoms with van der Waals surface area (Å²) in [6.07, 6.45) is 18.5. The molecule has 5 heteroatoms. The van der Waals surface area contributed by atoms with Gasteiger partial charge in [-0.1, -0.05) is 77.6 Å². The van der Waals surface area contributed by atoms with Crippen molar-refractivity contribution in [2.45, 2.75) is 103 Å². The third-order valence-electron chi connectivity index (χ3n) is 7.97. The van der Waals surface area contributed by atoms with E-state index in [-0.39, 0.29) is 5.92 Å². The van der Waals surface area contributed by atoms with Crippen LogP contribution in [0.25, 0.3) is 0 Å². The van der Waals surface area contributed by atoms with Crippen LogP contribution >= 0.6 is 0 Å². The van der Waals surface area contributed by atoms with Crippen LogP contribution in [0.15, 0.2) is 12.1 Å². The maximum absolute atomic E-state index is 14.0. The first-order valence-corrected chi connectivity index (χ1v) is 13.1. The average molecular weight is 460 g/mol. The van der Waals surface area contributed by atoms with Crippen LogP contribution in [0.1, 0.15) is 109 Å². The Morgan fingerprint density at radius 3 is 2.03 bits per heavy atom. The van der Waals surface area contributed by atoms with Gasteiger partial charge in [0, 0.05) is 0 Å². The van der Waals surface area contributed by atoms with Gasteiger partial charge in [0.15, 0.2) is 11.6 Å². The van der Waals surface area contributed by atoms with Gasteiger partial charge in [-0.15, -0.1) is 0 Å². The molecule has 0 saturated heterocycles. The van der Waals surface area contributed by atoms with E-state index in [1.165, 1.54) is 70.6 Å². The standard InChI is InChI=1S/C28H39F2NO2/c1-2-3-4-5-6-20-7-9-21(10-8-20)11-12-22-13-15-23(16-14-22)28(32)33-25-18-17-24(19-31)26(29)27(25)30/h17-18,20-23H,2-16H2,1H3/t20-,21-,22?,23?. The molecular formula is C28H39F2NO2. The number of ether oxygens (including phenoxy) is 1. The molecule has 0 spiro atoms. The van der Waals surface area contributed by atoms with Crippen LogP contribution in [0.5, 0.6) is 5.75 Å². The van der Waals surface area contributed by atoms with E-state index in [1.54, 1.807) is 6.07 Å². The van der Waals surface area contributed by atoms with E-state index in [4.69, 9.17) is 10.00 Å². The Balaban J connectivity index is 1.33. The number of unbranched alkanes of at least 4 members (excludes halogenated alkanes) is 3. The monoisotopic (exact) mass is 459 g/mol. The predicted octanol–water partition coefficient (Wildman–Crippen LogP) is 8.11. The van der Waals surface area contributed by atoms with Gasteiger partial charge in [-0.25, -0.2) is 4.39 Å². The average Bonchev–Trinajstić information content (AvgIpc) is 2.84. The molecule has 182 valence electrons. The first-order valence-electron chi connectivity index (χ1n) is 13.1. The van der Waals surface area contributed by atoms with E-state index >= 15 is 0 Å². The summed E-state index contributed by atoms with van der Waals surface area (Å²) in [5.74, 6) is -1.24. The molecule has 2 aliphatic carbocycles. The molecule has 0 amide bonds. The Hall–Kier alpha value is -1.96. The summed E-state index contributed by atoms with van der Waals surface area (Å²) >= 11 is 0. The molecule has 1 aromatic rings. The maximum atomic E-state index is 14.0. The lowest BCUT2D eigenvalue weighted by Gasteiger charge is -2.31. The number of halogens is 2. The zero-order valence-corrected chi connectivity index (χ0v) is 20.1. The minimum absolute atomic E-state index is 0.262. The first kappa shape index (κ1) is 25.7. The van der Waals surface area contributed by atoms with Crippen LogP contribution < -0.4 is 4.74 Å². The topological polar surface area (TPSA) is 50.1 Å². The number of carbonyl (C=O) groups is 1. The molecule has 0 aliphatic heterocycles. The van der Waals surface area contributed by atoms with Crippen molar-refractivity contribution in [1.82, 2.24) is 0 Å². The Bertz CT molecular complexity index is 803. The number of esters is 1. The SMILES string of the molecule is CCCCCC[C@H]1CC[C@H](CCC2CCC(C(=O)Oc3ccc(C#N)c(F)c3F)CC2)CC1. The van der Waals surface area contributed by atoms with Gasteiger partial charge in [0.05, 0.1) is 11.5 Å². The molecule has 2 saturated carbocycles. The number of rotatable bonds is 10. The smallest absolute Gasteiger partial charge is 0.314 e. The van der Waals surface area contributed by atoms with Crippen molar-refractivity contribution >= 4 is 5.97 Å². The molecule has 0 unspecified atom stereocenters. The Morgan fingerprint density at radius 1 is 0.879 bits per heavy atom. The summed E-state index contributed by atoms with van der Waals surface area (Å²) in [4.78, 5) is 12.5. The zero-order valence-electron chi connectivity index (χ0n) is 20.1. The Morgan fingerprint density at radius 2 is 1.45 bits per heavy atom. The van der Waals surface area contributed by atoms with Gasteiger partial charge in [-0.05, 0) is 55.6 Å². The predicted molar refractivity (Wildman–Crippen MR) is 126 cm³/mol. The summed E-state index contributed by atoms with van der Waals surface area (Å²) in [6.45, 7) is 2.27. The number of benzene rings is 1. The minimum Gasteiger partial charge on any atom is -0.423 e. The van der Waals surface area contributed by atoms with E-state index in [0.717, 1.165) is 49.7 Å². The van der Waals surface area contributed by atoms with E-state index in [1.807, 2.05) is 0 Å². The highest BCUT2D eigenvalue weighted by Gasteiger charge is 2.30. The number of hydrogen-bond donors (Lipinski definition) is 0. The summed E-state index contributed by atoms with van der Waals surface area (Å²) in [6, 6.07) is 3.87. The number of nitrogens with zero attached hydrogens (tertiary/aromatic N) is 1. The lowest BCUT2D eigenvalue weighted by Crippen LogP contribution is -2.26. The van der Waals surface area contributed by atoms with Crippen LogP contribution in [0.4, 0.5) is 8.78 Å². The molecule has 2 aliphatic rings. The Kier molecular flexibility index (Phi) is 10.2. The second-order valence-corrected chi connectivity index (χ2v) is 10.3. The van der Waals surface area contributed by atoms with Crippen molar-refractivity contribution in [2.75, 3.05) is 0 Å². The van der Waals surface area contributed by atoms with Crippen LogP contribution in [0.3, 0.4) is 0 Å². The van der Waals surface area contributed by atoms with Gasteiger partial charge in [-0.3, -0.25) is 4.79 Å². The number of hydrogen-bond acceptors (Lipinski definition) is 3. The van der Waals surface area contributed by atoms with Crippen molar-refractivity contribution in [2.24, 2.45) is 23.7 Å². The maximum Gasteiger partial charge on any atom is 0.314 e. The van der Waals surface area contributed by atoms with Crippen molar-refractivity contribution in [3.05, 3.63) is 29.3 Å². The molecule has 0 N–H and O–H groups in total. The van der Waals surface area contributed by atoms with Crippen molar-refractivity contribution in [3.63, 3.8) is 0 Å². The lowest BCUT2D eigenvalue weighted by molar-refractivity contribution is -0.140. The molecule has 33 heavy (non-hydrogen) atoms. The fourth-order valence-electron chi connectivity index (χ4n) is 5.72. The van der Waals surface area contributed by atoms with Gasteiger partial charge in [0.2, 0.25) is 5.82 Å². The fraction of sp³-hybridized carbons (Fsp3) is 0.714. The molecule has 3 nitrogen and oxygen atoms in total. The van der Waals surface area contributed by atoms with Crippen molar-refractivity contribution in [1.29, 1.82) is 5.26 Å². The minimum atomic E-state index is -1.27. The molecule has 1 aromatic carbocycles. The van der Waals surface area contributed by atoms with E-state index in [9.17, 15) is 13.6 Å². The lowest BCUT2D eigenvalue weighted by atomic mass is 9.75. The fourth-order valence-corrected chi connectivity index (χ4v) is 5.72. The normalized spacial score (nSPS) is 25.4. The van der Waals surface area contributed by atoms with E-state index < -0.39 is 28.9 Å². The second kappa shape index (κ2) is 13.1. The van der Waals surface area contributed by atoms with Crippen LogP contribution in [0, 0.1) is 46.6 Å². The highest BCUT2D eigenvalue weighted by Crippen LogP contribution is 2.38. The van der Waals surface area contributed by atoms with E-state index in [2.05, 4.69) is 6.92 Å². The quantitative estimate of drug-likeness (QED) is 0.202. The zero-order chi connectivity index (χ0) is 23.6. The molecule has 0 heterocycles. The number of nitriles is 1. The third-order valence-corrected chi connectivity index (χ3v) is 7.97. The highest BCUT2D eigenvalue weighted by molar-refractivity contribution is 5.75. The van der Waals surface area contributed by atoms with E-state index in [0.29, 0.717) is 5.92 Å². The van der Waals surface area contributed by atoms with Gasteiger partial charge in [0.25, 0.3) is 0 Å². The molecule has 0 radical (unpaired) electrons. The highest BCUT2D eigenvalue weighted by atomic mass is 19.2. The molecule has 0 bridgehead atoms. The van der Waals surface area contributed by atoms with Crippen molar-refractivity contribution in [3.8, 4) is 11.8 Å². The van der Waals surface area contributed by atoms with Gasteiger partial charge < -0.3 is 4.74 Å². The molecule has 3 rings (SSSR count).